The van der Waals surface area contributed by atoms with Crippen molar-refractivity contribution in [3.8, 4) is 0 Å². The van der Waals surface area contributed by atoms with Crippen molar-refractivity contribution in [2.75, 3.05) is 6.61 Å². The highest BCUT2D eigenvalue weighted by Crippen LogP contribution is 2.44. The zero-order chi connectivity index (χ0) is 38.5. The maximum atomic E-state index is 12.9. The summed E-state index contributed by atoms with van der Waals surface area (Å²) < 4.78 is 32.9. The molecular weight excluding hydrogens is 704 g/mol. The molecule has 8 rings (SSSR count). The quantitative estimate of drug-likeness (QED) is 0.0642. The zero-order valence-corrected chi connectivity index (χ0v) is 31.6. The summed E-state index contributed by atoms with van der Waals surface area (Å²) in [5, 5.41) is 35.2. The maximum Gasteiger partial charge on any atom is 0.309 e. The largest absolute Gasteiger partial charge is 0.481 e. The summed E-state index contributed by atoms with van der Waals surface area (Å²) in [5.74, 6) is -1.72. The lowest BCUT2D eigenvalue weighted by Crippen LogP contribution is -2.32. The van der Waals surface area contributed by atoms with Crippen molar-refractivity contribution in [2.45, 2.75) is 171 Å². The number of carboxylic acids is 2. The monoisotopic (exact) mass is 764 g/mol. The molecule has 4 saturated carbocycles. The first-order valence-corrected chi connectivity index (χ1v) is 20.3. The van der Waals surface area contributed by atoms with Crippen LogP contribution in [0.5, 0.6) is 0 Å². The number of hydrogen-bond acceptors (Lipinski definition) is 12. The molecule has 0 amide bonds. The second kappa shape index (κ2) is 18.5. The van der Waals surface area contributed by atoms with Gasteiger partial charge < -0.3 is 48.8 Å². The number of hydrogen-bond donors (Lipinski definition) is 4. The highest BCUT2D eigenvalue weighted by molar-refractivity contribution is 5.74. The van der Waals surface area contributed by atoms with Crippen LogP contribution in [-0.2, 0) is 47.6 Å². The van der Waals surface area contributed by atoms with Crippen molar-refractivity contribution < 1.29 is 68.0 Å². The minimum absolute atomic E-state index is 0.117. The molecule has 14 heteroatoms. The zero-order valence-electron chi connectivity index (χ0n) is 31.6. The average molecular weight is 765 g/mol. The van der Waals surface area contributed by atoms with E-state index < -0.39 is 24.3 Å². The number of rotatable bonds is 14. The van der Waals surface area contributed by atoms with E-state index in [1.165, 1.54) is 0 Å². The number of carbonyl (C=O) groups excluding carboxylic acids is 2. The van der Waals surface area contributed by atoms with Gasteiger partial charge in [0, 0.05) is 0 Å². The standard InChI is InChI=1S/C26H40O8.2C7H10O3/c1-15-11-20-22(33-20)13-18(15)25(29)31-10-6-8-17(7-4-3-5-9-24(27)28)32-26(30)19-14-23-21(34-23)12-16(19)2;2*8-7(9)4-1-2-5-6(3-4)10-5/h6,8,15-24,27-28H,3-5,7,9-14H2,1-2H3;2*4-6H,1-3H2,(H,8,9). The Balaban J connectivity index is 0.000000198. The summed E-state index contributed by atoms with van der Waals surface area (Å²) in [5.41, 5.74) is 0. The molecule has 0 bridgehead atoms. The number of aliphatic hydroxyl groups is 2. The molecule has 0 aromatic rings. The fraction of sp³-hybridized carbons (Fsp3) is 0.850. The molecule has 4 N–H and O–H groups in total. The lowest BCUT2D eigenvalue weighted by molar-refractivity contribution is -0.155. The number of fused-ring (bicyclic) bond motifs is 4. The predicted octanol–water partition coefficient (Wildman–Crippen LogP) is 4.16. The van der Waals surface area contributed by atoms with Gasteiger partial charge >= 0.3 is 23.9 Å². The molecule has 0 radical (unpaired) electrons. The molecule has 0 aromatic carbocycles. The van der Waals surface area contributed by atoms with E-state index in [1.54, 1.807) is 6.08 Å². The third kappa shape index (κ3) is 11.9. The van der Waals surface area contributed by atoms with E-state index in [1.807, 2.05) is 6.08 Å². The molecule has 54 heavy (non-hydrogen) atoms. The van der Waals surface area contributed by atoms with Gasteiger partial charge in [-0.25, -0.2) is 0 Å². The minimum Gasteiger partial charge on any atom is -0.481 e. The van der Waals surface area contributed by atoms with Crippen LogP contribution in [0, 0.1) is 35.5 Å². The van der Waals surface area contributed by atoms with Crippen LogP contribution in [0.4, 0.5) is 0 Å². The fourth-order valence-corrected chi connectivity index (χ4v) is 8.85. The van der Waals surface area contributed by atoms with E-state index in [9.17, 15) is 19.2 Å². The highest BCUT2D eigenvalue weighted by Gasteiger charge is 2.51. The van der Waals surface area contributed by atoms with E-state index in [-0.39, 0.29) is 78.5 Å². The first-order valence-electron chi connectivity index (χ1n) is 20.3. The molecule has 15 atom stereocenters. The molecular formula is C40H60O14. The Morgan fingerprint density at radius 2 is 1.07 bits per heavy atom. The number of aliphatic carboxylic acids is 2. The van der Waals surface area contributed by atoms with Gasteiger partial charge in [0.05, 0.1) is 72.5 Å². The van der Waals surface area contributed by atoms with Crippen LogP contribution in [0.3, 0.4) is 0 Å². The summed E-state index contributed by atoms with van der Waals surface area (Å²) in [6, 6.07) is 0. The normalized spacial score (nSPS) is 39.7. The molecule has 4 aliphatic heterocycles. The smallest absolute Gasteiger partial charge is 0.309 e. The molecule has 0 aromatic heterocycles. The van der Waals surface area contributed by atoms with Crippen molar-refractivity contribution in [3.63, 3.8) is 0 Å². The van der Waals surface area contributed by atoms with Gasteiger partial charge in [0.2, 0.25) is 0 Å². The second-order valence-electron chi connectivity index (χ2n) is 16.8. The Bertz CT molecular complexity index is 1300. The lowest BCUT2D eigenvalue weighted by atomic mass is 9.80. The first kappa shape index (κ1) is 41.0. The van der Waals surface area contributed by atoms with Gasteiger partial charge in [0.15, 0.2) is 6.29 Å². The highest BCUT2D eigenvalue weighted by atomic mass is 16.6. The van der Waals surface area contributed by atoms with Gasteiger partial charge in [0.1, 0.15) is 12.7 Å². The number of ether oxygens (including phenoxy) is 6. The number of aliphatic hydroxyl groups excluding tert-OH is 1. The molecule has 8 fully saturated rings. The lowest BCUT2D eigenvalue weighted by Gasteiger charge is -2.26. The van der Waals surface area contributed by atoms with Gasteiger partial charge in [-0.3, -0.25) is 19.2 Å². The summed E-state index contributed by atoms with van der Waals surface area (Å²) >= 11 is 0. The molecule has 14 nitrogen and oxygen atoms in total. The minimum atomic E-state index is -1.28. The maximum absolute atomic E-state index is 12.9. The molecule has 0 spiro atoms. The summed E-state index contributed by atoms with van der Waals surface area (Å²) in [4.78, 5) is 46.4. The van der Waals surface area contributed by atoms with Crippen LogP contribution < -0.4 is 0 Å². The van der Waals surface area contributed by atoms with Gasteiger partial charge in [-0.1, -0.05) is 20.3 Å². The Morgan fingerprint density at radius 1 is 0.611 bits per heavy atom. The van der Waals surface area contributed by atoms with Gasteiger partial charge in [-0.05, 0) is 114 Å². The van der Waals surface area contributed by atoms with Crippen molar-refractivity contribution in [1.82, 2.24) is 0 Å². The average Bonchev–Trinajstić information content (AvgIpc) is 3.94. The summed E-state index contributed by atoms with van der Waals surface area (Å²) in [7, 11) is 0. The van der Waals surface area contributed by atoms with Crippen LogP contribution in [0.2, 0.25) is 0 Å². The Kier molecular flexibility index (Phi) is 14.1. The van der Waals surface area contributed by atoms with E-state index in [0.29, 0.717) is 43.7 Å². The topological polar surface area (TPSA) is 218 Å². The molecule has 4 heterocycles. The van der Waals surface area contributed by atoms with Crippen LogP contribution in [0.25, 0.3) is 0 Å². The Hall–Kier alpha value is -2.62. The molecule has 8 aliphatic rings. The predicted molar refractivity (Wildman–Crippen MR) is 190 cm³/mol. The van der Waals surface area contributed by atoms with E-state index >= 15 is 0 Å². The first-order chi connectivity index (χ1) is 25.9. The number of epoxide rings is 4. The van der Waals surface area contributed by atoms with E-state index in [0.717, 1.165) is 77.0 Å². The number of carbonyl (C=O) groups is 4. The van der Waals surface area contributed by atoms with Gasteiger partial charge in [-0.15, -0.1) is 0 Å². The number of carboxylic acid groups (broad SMARTS) is 2. The number of esters is 2. The number of unbranched alkanes of at least 4 members (excludes halogenated alkanes) is 2. The van der Waals surface area contributed by atoms with Crippen LogP contribution >= 0.6 is 0 Å². The molecule has 4 saturated heterocycles. The van der Waals surface area contributed by atoms with Crippen LogP contribution in [-0.4, -0.2) is 112 Å². The van der Waals surface area contributed by atoms with Gasteiger partial charge in [0.25, 0.3) is 0 Å². The van der Waals surface area contributed by atoms with Crippen molar-refractivity contribution in [2.24, 2.45) is 35.5 Å². The Morgan fingerprint density at radius 3 is 1.57 bits per heavy atom. The third-order valence-electron chi connectivity index (χ3n) is 12.6. The van der Waals surface area contributed by atoms with Crippen molar-refractivity contribution in [3.05, 3.63) is 12.2 Å². The molecule has 4 aliphatic carbocycles. The SMILES string of the molecule is CC1CC2OC2CC1C(=O)OCC=CC(CCCCCC(O)O)OC(=O)C1CC2OC2CC1C.O=C(O)C1CCC2OC2C1.O=C(O)C1CCC2OC2C1. The Labute approximate surface area is 317 Å². The molecule has 304 valence electrons. The third-order valence-corrected chi connectivity index (χ3v) is 12.6. The second-order valence-corrected chi connectivity index (χ2v) is 16.8. The van der Waals surface area contributed by atoms with Crippen molar-refractivity contribution >= 4 is 23.9 Å². The van der Waals surface area contributed by atoms with Crippen LogP contribution in [0.15, 0.2) is 12.2 Å². The van der Waals surface area contributed by atoms with E-state index in [2.05, 4.69) is 13.8 Å². The van der Waals surface area contributed by atoms with E-state index in [4.69, 9.17) is 48.8 Å². The summed E-state index contributed by atoms with van der Waals surface area (Å²) in [6.45, 7) is 4.31. The summed E-state index contributed by atoms with van der Waals surface area (Å²) in [6.07, 6.45) is 15.9. The van der Waals surface area contributed by atoms with Gasteiger partial charge in [-0.2, -0.15) is 0 Å². The molecule has 15 unspecified atom stereocenters. The van der Waals surface area contributed by atoms with Crippen molar-refractivity contribution in [1.29, 1.82) is 0 Å². The fourth-order valence-electron chi connectivity index (χ4n) is 8.85. The van der Waals surface area contributed by atoms with Crippen LogP contribution in [0.1, 0.15) is 110 Å².